The van der Waals surface area contributed by atoms with E-state index in [0.717, 1.165) is 54.8 Å². The molecule has 2 aliphatic heterocycles. The molecule has 2 amide bonds. The van der Waals surface area contributed by atoms with Crippen LogP contribution in [0.3, 0.4) is 0 Å². The number of esters is 1. The molecule has 1 saturated heterocycles. The smallest absolute Gasteiger partial charge is 0.338 e. The molecule has 12 heteroatoms. The Labute approximate surface area is 335 Å². The van der Waals surface area contributed by atoms with Gasteiger partial charge in [0.2, 0.25) is 11.8 Å². The summed E-state index contributed by atoms with van der Waals surface area (Å²) in [5.41, 5.74) is 3.06. The molecule has 6 aromatic rings. The number of fused-ring (bicyclic) bond motifs is 2. The van der Waals surface area contributed by atoms with Crippen molar-refractivity contribution in [1.29, 1.82) is 0 Å². The predicted molar refractivity (Wildman–Crippen MR) is 218 cm³/mol. The van der Waals surface area contributed by atoms with Crippen LogP contribution in [0.4, 0.5) is 11.4 Å². The number of amides is 2. The van der Waals surface area contributed by atoms with Crippen LogP contribution >= 0.6 is 11.3 Å². The highest BCUT2D eigenvalue weighted by Crippen LogP contribution is 2.65. The molecule has 5 aromatic carbocycles. The number of hydrogen-bond acceptors (Lipinski definition) is 9. The second-order valence-electron chi connectivity index (χ2n) is 15.2. The minimum absolute atomic E-state index is 0.0842. The lowest BCUT2D eigenvalue weighted by Crippen LogP contribution is -2.53. The number of aryl methyl sites for hydroxylation is 1. The molecule has 0 spiro atoms. The van der Waals surface area contributed by atoms with E-state index in [1.54, 1.807) is 31.4 Å². The minimum Gasteiger partial charge on any atom is -0.463 e. The summed E-state index contributed by atoms with van der Waals surface area (Å²) in [4.78, 5) is 77.2. The van der Waals surface area contributed by atoms with Gasteiger partial charge in [0.05, 0.1) is 50.6 Å². The Morgan fingerprint density at radius 3 is 2.24 bits per heavy atom. The number of ether oxygens (including phenoxy) is 1. The fourth-order valence-electron chi connectivity index (χ4n) is 10.1. The average molecular weight is 787 g/mol. The van der Waals surface area contributed by atoms with E-state index in [2.05, 4.69) is 0 Å². The van der Waals surface area contributed by atoms with Gasteiger partial charge in [0.1, 0.15) is 5.69 Å². The fourth-order valence-corrected chi connectivity index (χ4v) is 11.2. The molecule has 11 rings (SSSR count). The molecule has 0 radical (unpaired) electrons. The van der Waals surface area contributed by atoms with Gasteiger partial charge in [0.15, 0.2) is 4.80 Å². The van der Waals surface area contributed by atoms with Gasteiger partial charge >= 0.3 is 5.97 Å². The number of imide groups is 1. The highest BCUT2D eigenvalue weighted by molar-refractivity contribution is 7.07. The van der Waals surface area contributed by atoms with E-state index in [1.165, 1.54) is 12.1 Å². The first kappa shape index (κ1) is 35.6. The van der Waals surface area contributed by atoms with Crippen LogP contribution < -0.4 is 19.8 Å². The zero-order valence-corrected chi connectivity index (χ0v) is 32.4. The number of hydrogen-bond donors (Lipinski definition) is 0. The molecule has 5 aliphatic rings. The Balaban J connectivity index is 1.26. The first-order chi connectivity index (χ1) is 28.1. The van der Waals surface area contributed by atoms with Crippen molar-refractivity contribution < 1.29 is 24.0 Å². The summed E-state index contributed by atoms with van der Waals surface area (Å²) < 4.78 is 7.38. The molecule has 3 atom stereocenters. The third kappa shape index (κ3) is 4.75. The van der Waals surface area contributed by atoms with E-state index in [1.807, 2.05) is 97.1 Å². The molecule has 3 heterocycles. The predicted octanol–water partition coefficient (Wildman–Crippen LogP) is 6.37. The first-order valence-electron chi connectivity index (χ1n) is 19.1. The van der Waals surface area contributed by atoms with Gasteiger partial charge in [-0.1, -0.05) is 108 Å². The second-order valence-corrected chi connectivity index (χ2v) is 16.2. The largest absolute Gasteiger partial charge is 0.463 e. The Morgan fingerprint density at radius 2 is 1.53 bits per heavy atom. The number of nitrogens with zero attached hydrogens (tertiary/aromatic N) is 4. The van der Waals surface area contributed by atoms with E-state index >= 15 is 9.59 Å². The summed E-state index contributed by atoms with van der Waals surface area (Å²) in [6.07, 6.45) is 1.82. The average Bonchev–Trinajstić information content (AvgIpc) is 3.67. The number of allylic oxidation sites excluding steroid dienone is 1. The van der Waals surface area contributed by atoms with E-state index in [4.69, 9.17) is 9.73 Å². The van der Waals surface area contributed by atoms with Crippen LogP contribution in [0.25, 0.3) is 16.8 Å². The van der Waals surface area contributed by atoms with Crippen molar-refractivity contribution in [3.8, 4) is 0 Å². The third-order valence-corrected chi connectivity index (χ3v) is 13.2. The highest BCUT2D eigenvalue weighted by Gasteiger charge is 2.68. The minimum atomic E-state index is -1.35. The number of carbonyl (C=O) groups excluding carboxylic acids is 3. The number of carbonyl (C=O) groups is 3. The van der Waals surface area contributed by atoms with Crippen LogP contribution in [-0.2, 0) is 24.5 Å². The Kier molecular flexibility index (Phi) is 7.90. The molecule has 2 bridgehead atoms. The molecular formula is C46H34N4O7S. The van der Waals surface area contributed by atoms with Crippen molar-refractivity contribution in [1.82, 2.24) is 4.57 Å². The summed E-state index contributed by atoms with van der Waals surface area (Å²) in [7, 11) is 0. The van der Waals surface area contributed by atoms with Gasteiger partial charge in [-0.3, -0.25) is 29.1 Å². The van der Waals surface area contributed by atoms with Crippen LogP contribution in [0, 0.1) is 28.9 Å². The van der Waals surface area contributed by atoms with Gasteiger partial charge in [-0.2, -0.15) is 0 Å². The summed E-state index contributed by atoms with van der Waals surface area (Å²) in [5, 5.41) is 14.2. The van der Waals surface area contributed by atoms with Crippen molar-refractivity contribution in [2.45, 2.75) is 38.1 Å². The lowest BCUT2D eigenvalue weighted by molar-refractivity contribution is -0.384. The molecule has 286 valence electrons. The van der Waals surface area contributed by atoms with Crippen LogP contribution in [0.1, 0.15) is 59.2 Å². The van der Waals surface area contributed by atoms with Gasteiger partial charge in [0, 0.05) is 12.0 Å². The molecule has 1 fully saturated rings. The van der Waals surface area contributed by atoms with Crippen LogP contribution in [-0.4, -0.2) is 33.9 Å². The van der Waals surface area contributed by atoms with Crippen molar-refractivity contribution in [2.24, 2.45) is 16.8 Å². The second kappa shape index (κ2) is 12.9. The van der Waals surface area contributed by atoms with Crippen LogP contribution in [0.15, 0.2) is 130 Å². The van der Waals surface area contributed by atoms with E-state index < -0.39 is 57.5 Å². The molecule has 0 saturated carbocycles. The lowest BCUT2D eigenvalue weighted by Gasteiger charge is -2.53. The van der Waals surface area contributed by atoms with Crippen molar-refractivity contribution >= 4 is 57.3 Å². The number of aromatic nitrogens is 1. The SMILES string of the molecule is CCOC(=O)C1=C(C)N=c2s/c(=C/C34c5ccccc5C(c5ccccc53)[C@@H]3C(=O)N(c5ccc(C)cc5[N+](=O)[O-])C(=O)[C@@H]34)c(=O)n2[C@H]1c1cccc2ccccc12. The number of benzene rings is 5. The zero-order valence-electron chi connectivity index (χ0n) is 31.5. The maximum absolute atomic E-state index is 15.3. The number of nitro benzene ring substituents is 1. The molecular weight excluding hydrogens is 753 g/mol. The summed E-state index contributed by atoms with van der Waals surface area (Å²) >= 11 is 1.15. The monoisotopic (exact) mass is 786 g/mol. The van der Waals surface area contributed by atoms with Crippen molar-refractivity contribution in [3.63, 3.8) is 0 Å². The highest BCUT2D eigenvalue weighted by atomic mass is 32.1. The Morgan fingerprint density at radius 1 is 0.879 bits per heavy atom. The maximum Gasteiger partial charge on any atom is 0.338 e. The normalized spacial score (nSPS) is 23.0. The van der Waals surface area contributed by atoms with Gasteiger partial charge < -0.3 is 4.74 Å². The Hall–Kier alpha value is -6.79. The summed E-state index contributed by atoms with van der Waals surface area (Å²) in [6, 6.07) is 32.5. The number of anilines is 1. The fraction of sp³-hybridized carbons (Fsp3) is 0.196. The van der Waals surface area contributed by atoms with Crippen LogP contribution in [0.2, 0.25) is 0 Å². The van der Waals surface area contributed by atoms with E-state index in [9.17, 15) is 19.7 Å². The molecule has 1 aromatic heterocycles. The Bertz CT molecular complexity index is 3020. The van der Waals surface area contributed by atoms with E-state index in [-0.39, 0.29) is 28.1 Å². The first-order valence-corrected chi connectivity index (χ1v) is 19.9. The zero-order chi connectivity index (χ0) is 40.2. The lowest BCUT2D eigenvalue weighted by atomic mass is 9.47. The van der Waals surface area contributed by atoms with Gasteiger partial charge in [-0.05, 0) is 77.1 Å². The standard InChI is InChI=1S/C46H34N4O7S/c1-4-57-44(54)36-25(3)47-45-49(40(36)28-17-11-13-26-12-5-6-14-27(26)28)41(51)35(58-45)23-46-31-18-9-7-15-29(31)37(30-16-8-10-19-32(30)46)38-39(46)43(53)48(42(38)52)33-21-20-24(2)22-34(33)50(55)56/h5-23,37-40H,4H2,1-3H3/b35-23+/t37?,38-,39+,40-,46?/m0/s1. The molecule has 58 heavy (non-hydrogen) atoms. The molecule has 3 aliphatic carbocycles. The maximum atomic E-state index is 15.3. The quantitative estimate of drug-likeness (QED) is 0.0827. The number of nitro groups is 1. The third-order valence-electron chi connectivity index (χ3n) is 12.2. The molecule has 0 N–H and O–H groups in total. The summed E-state index contributed by atoms with van der Waals surface area (Å²) in [6.45, 7) is 5.30. The van der Waals surface area contributed by atoms with Gasteiger partial charge in [0.25, 0.3) is 11.2 Å². The number of thiazole rings is 1. The topological polar surface area (TPSA) is 141 Å². The van der Waals surface area contributed by atoms with Crippen LogP contribution in [0.5, 0.6) is 0 Å². The van der Waals surface area contributed by atoms with Gasteiger partial charge in [-0.15, -0.1) is 0 Å². The molecule has 0 unspecified atom stereocenters. The van der Waals surface area contributed by atoms with Crippen molar-refractivity contribution in [3.05, 3.63) is 184 Å². The van der Waals surface area contributed by atoms with Crippen molar-refractivity contribution in [2.75, 3.05) is 11.5 Å². The molecule has 11 nitrogen and oxygen atoms in total. The summed E-state index contributed by atoms with van der Waals surface area (Å²) in [5.74, 6) is -4.15. The van der Waals surface area contributed by atoms with Gasteiger partial charge in [-0.25, -0.2) is 14.7 Å². The number of rotatable bonds is 6. The van der Waals surface area contributed by atoms with E-state index in [0.29, 0.717) is 16.1 Å².